The van der Waals surface area contributed by atoms with Crippen molar-refractivity contribution in [2.75, 3.05) is 10.6 Å². The monoisotopic (exact) mass is 303 g/mol. The first kappa shape index (κ1) is 13.3. The minimum Gasteiger partial charge on any atom is -0.408 e. The molecule has 2 aromatic carbocycles. The summed E-state index contributed by atoms with van der Waals surface area (Å²) in [6.07, 6.45) is 0. The fourth-order valence-corrected chi connectivity index (χ4v) is 1.98. The smallest absolute Gasteiger partial charge is 0.408 e. The molecule has 2 amide bonds. The van der Waals surface area contributed by atoms with Gasteiger partial charge in [0.2, 0.25) is 0 Å². The Morgan fingerprint density at radius 2 is 1.71 bits per heavy atom. The normalized spacial score (nSPS) is 10.5. The van der Waals surface area contributed by atoms with Crippen molar-refractivity contribution in [3.05, 3.63) is 58.0 Å². The summed E-state index contributed by atoms with van der Waals surface area (Å²) in [4.78, 5) is 25.4. The molecule has 0 aliphatic carbocycles. The number of carbonyl (C=O) groups excluding carboxylic acids is 1. The van der Waals surface area contributed by atoms with Crippen LogP contribution < -0.4 is 16.4 Å². The summed E-state index contributed by atoms with van der Waals surface area (Å²) in [5.74, 6) is -0.534. The van der Waals surface area contributed by atoms with Crippen LogP contribution in [0.2, 0.25) is 5.02 Å². The minimum absolute atomic E-state index is 0.400. The van der Waals surface area contributed by atoms with Crippen LogP contribution in [0, 0.1) is 0 Å². The second-order valence-corrected chi connectivity index (χ2v) is 4.75. The number of aromatic nitrogens is 1. The van der Waals surface area contributed by atoms with Gasteiger partial charge in [0, 0.05) is 16.4 Å². The number of urea groups is 1. The highest BCUT2D eigenvalue weighted by Gasteiger charge is 2.05. The van der Waals surface area contributed by atoms with Gasteiger partial charge in [0.25, 0.3) is 0 Å². The number of nitrogens with one attached hydrogen (secondary N) is 3. The number of anilines is 2. The number of hydrogen-bond donors (Lipinski definition) is 3. The zero-order chi connectivity index (χ0) is 14.8. The molecule has 0 unspecified atom stereocenters. The standard InChI is InChI=1S/C14H10ClN3O3/c15-8-1-3-9(4-2-8)16-13(19)17-10-5-6-12-11(7-10)18-14(20)21-12/h1-7H,(H,18,20)(H2,16,17,19). The number of fused-ring (bicyclic) bond motifs is 1. The van der Waals surface area contributed by atoms with Crippen molar-refractivity contribution in [3.8, 4) is 0 Å². The molecule has 0 aliphatic heterocycles. The van der Waals surface area contributed by atoms with Crippen molar-refractivity contribution in [1.29, 1.82) is 0 Å². The van der Waals surface area contributed by atoms with Crippen LogP contribution in [0.15, 0.2) is 51.7 Å². The van der Waals surface area contributed by atoms with Crippen molar-refractivity contribution in [2.45, 2.75) is 0 Å². The zero-order valence-electron chi connectivity index (χ0n) is 10.6. The molecule has 0 saturated heterocycles. The highest BCUT2D eigenvalue weighted by atomic mass is 35.5. The largest absolute Gasteiger partial charge is 0.417 e. The summed E-state index contributed by atoms with van der Waals surface area (Å²) in [7, 11) is 0. The molecule has 6 nitrogen and oxygen atoms in total. The summed E-state index contributed by atoms with van der Waals surface area (Å²) >= 11 is 5.77. The molecule has 0 bridgehead atoms. The number of amides is 2. The van der Waals surface area contributed by atoms with E-state index >= 15 is 0 Å². The van der Waals surface area contributed by atoms with Crippen LogP contribution in [0.4, 0.5) is 16.2 Å². The first-order valence-corrected chi connectivity index (χ1v) is 6.44. The molecular formula is C14H10ClN3O3. The SMILES string of the molecule is O=C(Nc1ccc(Cl)cc1)Nc1ccc2oc(=O)[nH]c2c1. The van der Waals surface area contributed by atoms with E-state index < -0.39 is 11.8 Å². The van der Waals surface area contributed by atoms with Crippen molar-refractivity contribution in [2.24, 2.45) is 0 Å². The van der Waals surface area contributed by atoms with Gasteiger partial charge in [-0.1, -0.05) is 11.6 Å². The fourth-order valence-electron chi connectivity index (χ4n) is 1.86. The van der Waals surface area contributed by atoms with E-state index in [1.165, 1.54) is 0 Å². The van der Waals surface area contributed by atoms with Gasteiger partial charge in [-0.15, -0.1) is 0 Å². The van der Waals surface area contributed by atoms with E-state index in [9.17, 15) is 9.59 Å². The number of halogens is 1. The Kier molecular flexibility index (Phi) is 3.37. The van der Waals surface area contributed by atoms with Gasteiger partial charge in [-0.2, -0.15) is 0 Å². The van der Waals surface area contributed by atoms with Crippen LogP contribution in [0.25, 0.3) is 11.1 Å². The highest BCUT2D eigenvalue weighted by Crippen LogP contribution is 2.17. The average molecular weight is 304 g/mol. The molecule has 0 radical (unpaired) electrons. The summed E-state index contributed by atoms with van der Waals surface area (Å²) < 4.78 is 4.88. The third-order valence-corrected chi connectivity index (χ3v) is 3.03. The summed E-state index contributed by atoms with van der Waals surface area (Å²) in [6.45, 7) is 0. The second-order valence-electron chi connectivity index (χ2n) is 4.31. The lowest BCUT2D eigenvalue weighted by Gasteiger charge is -2.07. The van der Waals surface area contributed by atoms with Gasteiger partial charge in [0.05, 0.1) is 5.52 Å². The van der Waals surface area contributed by atoms with E-state index in [2.05, 4.69) is 15.6 Å². The molecule has 0 aliphatic rings. The predicted molar refractivity (Wildman–Crippen MR) is 80.9 cm³/mol. The van der Waals surface area contributed by atoms with Gasteiger partial charge in [-0.05, 0) is 42.5 Å². The van der Waals surface area contributed by atoms with Gasteiger partial charge in [-0.25, -0.2) is 9.59 Å². The van der Waals surface area contributed by atoms with Crippen LogP contribution in [-0.4, -0.2) is 11.0 Å². The van der Waals surface area contributed by atoms with E-state index in [1.54, 1.807) is 42.5 Å². The number of H-pyrrole nitrogens is 1. The Bertz CT molecular complexity index is 852. The van der Waals surface area contributed by atoms with Crippen molar-refractivity contribution >= 4 is 40.1 Å². The third-order valence-electron chi connectivity index (χ3n) is 2.78. The molecular weight excluding hydrogens is 294 g/mol. The van der Waals surface area contributed by atoms with Crippen LogP contribution in [-0.2, 0) is 0 Å². The summed E-state index contributed by atoms with van der Waals surface area (Å²) in [5.41, 5.74) is 2.11. The Hall–Kier alpha value is -2.73. The lowest BCUT2D eigenvalue weighted by atomic mass is 10.3. The molecule has 21 heavy (non-hydrogen) atoms. The molecule has 0 spiro atoms. The summed E-state index contributed by atoms with van der Waals surface area (Å²) in [5, 5.41) is 5.92. The van der Waals surface area contributed by atoms with E-state index in [0.29, 0.717) is 27.5 Å². The molecule has 7 heteroatoms. The molecule has 3 N–H and O–H groups in total. The van der Waals surface area contributed by atoms with Gasteiger partial charge in [-0.3, -0.25) is 4.98 Å². The molecule has 0 fully saturated rings. The van der Waals surface area contributed by atoms with E-state index in [4.69, 9.17) is 16.0 Å². The Labute approximate surface area is 123 Å². The Morgan fingerprint density at radius 3 is 2.48 bits per heavy atom. The fraction of sp³-hybridized carbons (Fsp3) is 0. The number of aromatic amines is 1. The Balaban J connectivity index is 1.73. The third kappa shape index (κ3) is 3.06. The first-order valence-electron chi connectivity index (χ1n) is 6.06. The maximum Gasteiger partial charge on any atom is 0.417 e. The van der Waals surface area contributed by atoms with E-state index in [-0.39, 0.29) is 0 Å². The molecule has 106 valence electrons. The van der Waals surface area contributed by atoms with Crippen LogP contribution >= 0.6 is 11.6 Å². The van der Waals surface area contributed by atoms with E-state index in [0.717, 1.165) is 0 Å². The summed E-state index contributed by atoms with van der Waals surface area (Å²) in [6, 6.07) is 11.2. The Morgan fingerprint density at radius 1 is 1.05 bits per heavy atom. The number of oxazole rings is 1. The zero-order valence-corrected chi connectivity index (χ0v) is 11.4. The minimum atomic E-state index is -0.534. The van der Waals surface area contributed by atoms with Crippen molar-refractivity contribution < 1.29 is 9.21 Å². The first-order chi connectivity index (χ1) is 10.1. The van der Waals surface area contributed by atoms with Gasteiger partial charge >= 0.3 is 11.8 Å². The maximum atomic E-state index is 11.9. The molecule has 3 rings (SSSR count). The molecule has 1 aromatic heterocycles. The number of rotatable bonds is 2. The quantitative estimate of drug-likeness (QED) is 0.678. The van der Waals surface area contributed by atoms with Crippen LogP contribution in [0.1, 0.15) is 0 Å². The lowest BCUT2D eigenvalue weighted by molar-refractivity contribution is 0.262. The van der Waals surface area contributed by atoms with Crippen LogP contribution in [0.3, 0.4) is 0 Å². The molecule has 0 saturated carbocycles. The topological polar surface area (TPSA) is 87.1 Å². The molecule has 3 aromatic rings. The number of carbonyl (C=O) groups is 1. The van der Waals surface area contributed by atoms with Crippen molar-refractivity contribution in [3.63, 3.8) is 0 Å². The van der Waals surface area contributed by atoms with E-state index in [1.807, 2.05) is 0 Å². The van der Waals surface area contributed by atoms with Crippen molar-refractivity contribution in [1.82, 2.24) is 4.98 Å². The van der Waals surface area contributed by atoms with Crippen LogP contribution in [0.5, 0.6) is 0 Å². The highest BCUT2D eigenvalue weighted by molar-refractivity contribution is 6.30. The molecule has 1 heterocycles. The average Bonchev–Trinajstić information content (AvgIpc) is 2.80. The predicted octanol–water partition coefficient (Wildman–Crippen LogP) is 3.42. The maximum absolute atomic E-state index is 11.9. The van der Waals surface area contributed by atoms with Gasteiger partial charge in [0.15, 0.2) is 5.58 Å². The number of hydrogen-bond acceptors (Lipinski definition) is 3. The second kappa shape index (κ2) is 5.34. The van der Waals surface area contributed by atoms with Gasteiger partial charge in [0.1, 0.15) is 0 Å². The van der Waals surface area contributed by atoms with Gasteiger partial charge < -0.3 is 15.1 Å². The number of benzene rings is 2. The lowest BCUT2D eigenvalue weighted by Crippen LogP contribution is -2.19. The molecule has 0 atom stereocenters.